The lowest BCUT2D eigenvalue weighted by Crippen LogP contribution is -2.62. The number of nitrogens with one attached hydrogen (secondary N) is 1. The zero-order valence-corrected chi connectivity index (χ0v) is 13.7. The van der Waals surface area contributed by atoms with Gasteiger partial charge in [-0.05, 0) is 25.5 Å². The van der Waals surface area contributed by atoms with E-state index in [0.717, 1.165) is 11.3 Å². The molecule has 1 heterocycles. The first kappa shape index (κ1) is 15.7. The molecule has 0 unspecified atom stereocenters. The van der Waals surface area contributed by atoms with Crippen molar-refractivity contribution in [3.8, 4) is 5.69 Å². The van der Waals surface area contributed by atoms with Gasteiger partial charge in [-0.25, -0.2) is 4.68 Å². The van der Waals surface area contributed by atoms with Crippen LogP contribution in [0.2, 0.25) is 0 Å². The number of hydrogen-bond acceptors (Lipinski definition) is 4. The topological polar surface area (TPSA) is 82.2 Å². The van der Waals surface area contributed by atoms with E-state index < -0.39 is 5.54 Å². The molecule has 2 aromatic rings. The number of ether oxygens (including phenoxy) is 1. The molecule has 6 nitrogen and oxygen atoms in total. The summed E-state index contributed by atoms with van der Waals surface area (Å²) in [7, 11) is 1.64. The Bertz CT molecular complexity index is 732. The normalized spacial score (nSPS) is 23.4. The van der Waals surface area contributed by atoms with E-state index in [1.807, 2.05) is 19.1 Å². The molecule has 0 radical (unpaired) electrons. The highest BCUT2D eigenvalue weighted by Crippen LogP contribution is 2.33. The fourth-order valence-electron chi connectivity index (χ4n) is 2.94. The number of carbonyl (C=O) groups is 1. The van der Waals surface area contributed by atoms with Gasteiger partial charge in [0.2, 0.25) is 5.91 Å². The Hall–Kier alpha value is -2.18. The van der Waals surface area contributed by atoms with E-state index in [1.54, 1.807) is 24.2 Å². The minimum absolute atomic E-state index is 0.0729. The number of methoxy groups -OCH3 is 1. The molecule has 0 bridgehead atoms. The highest BCUT2D eigenvalue weighted by Gasteiger charge is 2.47. The van der Waals surface area contributed by atoms with Crippen LogP contribution in [0.1, 0.15) is 24.0 Å². The molecule has 122 valence electrons. The summed E-state index contributed by atoms with van der Waals surface area (Å²) in [6, 6.07) is 6.16. The maximum Gasteiger partial charge on any atom is 0.244 e. The Morgan fingerprint density at radius 2 is 2.17 bits per heavy atom. The molecular formula is C17H22N4O2. The van der Waals surface area contributed by atoms with Gasteiger partial charge in [0, 0.05) is 20.0 Å². The lowest BCUT2D eigenvalue weighted by Gasteiger charge is -2.42. The van der Waals surface area contributed by atoms with Crippen molar-refractivity contribution >= 4 is 11.6 Å². The molecule has 1 amide bonds. The molecule has 6 heteroatoms. The van der Waals surface area contributed by atoms with Gasteiger partial charge in [0.25, 0.3) is 0 Å². The Labute approximate surface area is 135 Å². The predicted molar refractivity (Wildman–Crippen MR) is 88.6 cm³/mol. The average Bonchev–Trinajstić information content (AvgIpc) is 2.91. The van der Waals surface area contributed by atoms with Crippen molar-refractivity contribution in [2.45, 2.75) is 38.3 Å². The van der Waals surface area contributed by atoms with E-state index in [1.165, 1.54) is 5.56 Å². The summed E-state index contributed by atoms with van der Waals surface area (Å²) in [5, 5.41) is 7.17. The molecule has 1 aliphatic carbocycles. The number of rotatable bonds is 4. The summed E-state index contributed by atoms with van der Waals surface area (Å²) >= 11 is 0. The Kier molecular flexibility index (Phi) is 3.95. The molecule has 0 aliphatic heterocycles. The smallest absolute Gasteiger partial charge is 0.244 e. The van der Waals surface area contributed by atoms with Gasteiger partial charge < -0.3 is 15.8 Å². The van der Waals surface area contributed by atoms with Gasteiger partial charge in [-0.3, -0.25) is 4.79 Å². The monoisotopic (exact) mass is 314 g/mol. The minimum atomic E-state index is -0.845. The van der Waals surface area contributed by atoms with E-state index in [4.69, 9.17) is 10.5 Å². The zero-order chi connectivity index (χ0) is 16.6. The van der Waals surface area contributed by atoms with E-state index in [9.17, 15) is 4.79 Å². The number of benzene rings is 1. The van der Waals surface area contributed by atoms with Crippen LogP contribution >= 0.6 is 0 Å². The first-order valence-electron chi connectivity index (χ1n) is 7.67. The molecule has 3 N–H and O–H groups in total. The maximum atomic E-state index is 12.3. The second kappa shape index (κ2) is 5.79. The van der Waals surface area contributed by atoms with Crippen LogP contribution in [0.4, 0.5) is 5.69 Å². The van der Waals surface area contributed by atoms with Gasteiger partial charge in [0.05, 0.1) is 29.9 Å². The molecular weight excluding hydrogens is 292 g/mol. The van der Waals surface area contributed by atoms with Gasteiger partial charge >= 0.3 is 0 Å². The maximum absolute atomic E-state index is 12.3. The van der Waals surface area contributed by atoms with Gasteiger partial charge in [0.1, 0.15) is 5.54 Å². The van der Waals surface area contributed by atoms with Crippen molar-refractivity contribution in [3.63, 3.8) is 0 Å². The summed E-state index contributed by atoms with van der Waals surface area (Å²) in [6.45, 7) is 4.09. The Balaban J connectivity index is 1.71. The van der Waals surface area contributed by atoms with Crippen molar-refractivity contribution in [3.05, 3.63) is 41.7 Å². The fraction of sp³-hybridized carbons (Fsp3) is 0.412. The SMILES string of the molecule is COC1CC(N)(C(=O)Nc2cnn(-c3ccc(C)cc3C)c2)C1. The highest BCUT2D eigenvalue weighted by molar-refractivity contribution is 5.98. The molecule has 0 saturated heterocycles. The van der Waals surface area contributed by atoms with Gasteiger partial charge in [0.15, 0.2) is 0 Å². The number of nitrogens with zero attached hydrogens (tertiary/aromatic N) is 2. The largest absolute Gasteiger partial charge is 0.381 e. The van der Waals surface area contributed by atoms with Crippen LogP contribution in [0.3, 0.4) is 0 Å². The number of aromatic nitrogens is 2. The fourth-order valence-corrected chi connectivity index (χ4v) is 2.94. The molecule has 1 aliphatic rings. The van der Waals surface area contributed by atoms with Crippen LogP contribution in [-0.4, -0.2) is 34.4 Å². The van der Waals surface area contributed by atoms with E-state index >= 15 is 0 Å². The van der Waals surface area contributed by atoms with Crippen molar-refractivity contribution < 1.29 is 9.53 Å². The van der Waals surface area contributed by atoms with E-state index in [2.05, 4.69) is 23.4 Å². The molecule has 1 aromatic heterocycles. The molecule has 23 heavy (non-hydrogen) atoms. The van der Waals surface area contributed by atoms with Crippen LogP contribution in [0.25, 0.3) is 5.69 Å². The van der Waals surface area contributed by atoms with Gasteiger partial charge in [-0.2, -0.15) is 5.10 Å². The summed E-state index contributed by atoms with van der Waals surface area (Å²) in [6.07, 6.45) is 4.59. The minimum Gasteiger partial charge on any atom is -0.381 e. The third kappa shape index (κ3) is 3.00. The number of hydrogen-bond donors (Lipinski definition) is 2. The number of carbonyl (C=O) groups excluding carboxylic acids is 1. The zero-order valence-electron chi connectivity index (χ0n) is 13.7. The van der Waals surface area contributed by atoms with Crippen molar-refractivity contribution in [1.29, 1.82) is 0 Å². The van der Waals surface area contributed by atoms with Crippen molar-refractivity contribution in [1.82, 2.24) is 9.78 Å². The second-order valence-electron chi connectivity index (χ2n) is 6.34. The number of amides is 1. The first-order chi connectivity index (χ1) is 10.9. The number of aryl methyl sites for hydroxylation is 2. The summed E-state index contributed by atoms with van der Waals surface area (Å²) in [5.74, 6) is -0.189. The lowest BCUT2D eigenvalue weighted by molar-refractivity contribution is -0.130. The number of anilines is 1. The quantitative estimate of drug-likeness (QED) is 0.903. The van der Waals surface area contributed by atoms with E-state index in [-0.39, 0.29) is 12.0 Å². The van der Waals surface area contributed by atoms with E-state index in [0.29, 0.717) is 18.5 Å². The third-order valence-corrected chi connectivity index (χ3v) is 4.41. The summed E-state index contributed by atoms with van der Waals surface area (Å²) in [5.41, 5.74) is 9.21. The average molecular weight is 314 g/mol. The van der Waals surface area contributed by atoms with Crippen LogP contribution in [0.5, 0.6) is 0 Å². The van der Waals surface area contributed by atoms with Crippen LogP contribution in [0.15, 0.2) is 30.6 Å². The third-order valence-electron chi connectivity index (χ3n) is 4.41. The Morgan fingerprint density at radius 1 is 1.43 bits per heavy atom. The van der Waals surface area contributed by atoms with Crippen molar-refractivity contribution in [2.75, 3.05) is 12.4 Å². The molecule has 1 saturated carbocycles. The second-order valence-corrected chi connectivity index (χ2v) is 6.34. The summed E-state index contributed by atoms with van der Waals surface area (Å²) < 4.78 is 6.95. The highest BCUT2D eigenvalue weighted by atomic mass is 16.5. The molecule has 1 aromatic carbocycles. The molecule has 1 fully saturated rings. The lowest BCUT2D eigenvalue weighted by atomic mass is 9.74. The van der Waals surface area contributed by atoms with Crippen LogP contribution < -0.4 is 11.1 Å². The van der Waals surface area contributed by atoms with Crippen molar-refractivity contribution in [2.24, 2.45) is 5.73 Å². The summed E-state index contributed by atoms with van der Waals surface area (Å²) in [4.78, 5) is 12.3. The van der Waals surface area contributed by atoms with Gasteiger partial charge in [-0.15, -0.1) is 0 Å². The van der Waals surface area contributed by atoms with Crippen LogP contribution in [0, 0.1) is 13.8 Å². The van der Waals surface area contributed by atoms with Crippen LogP contribution in [-0.2, 0) is 9.53 Å². The molecule has 3 rings (SSSR count). The molecule has 0 spiro atoms. The molecule has 0 atom stereocenters. The standard InChI is InChI=1S/C17H22N4O2/c1-11-4-5-15(12(2)6-11)21-10-13(9-19-21)20-16(22)17(18)7-14(8-17)23-3/h4-6,9-10,14H,7-8,18H2,1-3H3,(H,20,22). The Morgan fingerprint density at radius 3 is 2.83 bits per heavy atom. The number of nitrogens with two attached hydrogens (primary N) is 1. The predicted octanol–water partition coefficient (Wildman–Crippen LogP) is 1.93. The first-order valence-corrected chi connectivity index (χ1v) is 7.67. The van der Waals surface area contributed by atoms with Gasteiger partial charge in [-0.1, -0.05) is 17.7 Å².